The number of ether oxygens (including phenoxy) is 1. The van der Waals surface area contributed by atoms with Gasteiger partial charge in [0.05, 0.1) is 30.1 Å². The van der Waals surface area contributed by atoms with Gasteiger partial charge in [-0.3, -0.25) is 19.9 Å². The number of aromatic nitrogens is 4. The van der Waals surface area contributed by atoms with Crippen LogP contribution in [0.2, 0.25) is 0 Å². The number of hydrogen-bond acceptors (Lipinski definition) is 7. The molecule has 10 nitrogen and oxygen atoms in total. The summed E-state index contributed by atoms with van der Waals surface area (Å²) in [5, 5.41) is 21.1. The molecule has 0 atom stereocenters. The summed E-state index contributed by atoms with van der Waals surface area (Å²) in [5.41, 5.74) is 0.760. The lowest BCUT2D eigenvalue weighted by Crippen LogP contribution is -2.13. The smallest absolute Gasteiger partial charge is 0.278 e. The van der Waals surface area contributed by atoms with Gasteiger partial charge in [-0.05, 0) is 6.07 Å². The van der Waals surface area contributed by atoms with Crippen LogP contribution in [0.5, 0.6) is 5.75 Å². The van der Waals surface area contributed by atoms with Crippen molar-refractivity contribution in [1.82, 2.24) is 20.0 Å². The Morgan fingerprint density at radius 3 is 2.96 bits per heavy atom. The molecule has 126 valence electrons. The van der Waals surface area contributed by atoms with E-state index < -0.39 is 10.8 Å². The van der Waals surface area contributed by atoms with E-state index in [4.69, 9.17) is 4.74 Å². The van der Waals surface area contributed by atoms with Crippen molar-refractivity contribution in [3.8, 4) is 11.4 Å². The van der Waals surface area contributed by atoms with Crippen LogP contribution in [-0.2, 0) is 0 Å². The molecule has 2 heterocycles. The zero-order valence-electron chi connectivity index (χ0n) is 13.0. The van der Waals surface area contributed by atoms with Gasteiger partial charge in [0.2, 0.25) is 0 Å². The van der Waals surface area contributed by atoms with E-state index in [9.17, 15) is 14.9 Å². The normalized spacial score (nSPS) is 10.3. The average molecular weight is 340 g/mol. The summed E-state index contributed by atoms with van der Waals surface area (Å²) in [6.07, 6.45) is 4.35. The fourth-order valence-corrected chi connectivity index (χ4v) is 2.08. The van der Waals surface area contributed by atoms with Gasteiger partial charge in [0, 0.05) is 24.4 Å². The molecule has 0 fully saturated rings. The van der Waals surface area contributed by atoms with Crippen molar-refractivity contribution >= 4 is 17.3 Å². The SMILES string of the molecule is COc1ccncc1NC(=O)c1cn(-c2cccc([N+](=O)[O-])c2)nn1. The molecular formula is C15H12N6O4. The second-order valence-electron chi connectivity index (χ2n) is 4.86. The molecule has 10 heteroatoms. The number of amides is 1. The van der Waals surface area contributed by atoms with Gasteiger partial charge in [-0.1, -0.05) is 11.3 Å². The molecule has 1 aromatic carbocycles. The van der Waals surface area contributed by atoms with Crippen molar-refractivity contribution in [2.75, 3.05) is 12.4 Å². The minimum absolute atomic E-state index is 0.0393. The molecule has 0 radical (unpaired) electrons. The number of non-ortho nitro benzene ring substituents is 1. The molecular weight excluding hydrogens is 328 g/mol. The molecule has 2 aromatic heterocycles. The number of nitrogens with one attached hydrogen (secondary N) is 1. The highest BCUT2D eigenvalue weighted by molar-refractivity contribution is 6.03. The van der Waals surface area contributed by atoms with Gasteiger partial charge in [0.15, 0.2) is 5.69 Å². The molecule has 0 unspecified atom stereocenters. The number of rotatable bonds is 5. The Labute approximate surface area is 141 Å². The van der Waals surface area contributed by atoms with Gasteiger partial charge in [-0.2, -0.15) is 0 Å². The van der Waals surface area contributed by atoms with Gasteiger partial charge in [0.1, 0.15) is 11.4 Å². The molecule has 25 heavy (non-hydrogen) atoms. The quantitative estimate of drug-likeness (QED) is 0.555. The van der Waals surface area contributed by atoms with Crippen LogP contribution >= 0.6 is 0 Å². The number of nitrogens with zero attached hydrogens (tertiary/aromatic N) is 5. The van der Waals surface area contributed by atoms with Crippen LogP contribution in [0.4, 0.5) is 11.4 Å². The highest BCUT2D eigenvalue weighted by Crippen LogP contribution is 2.22. The summed E-state index contributed by atoms with van der Waals surface area (Å²) in [6, 6.07) is 7.45. The fraction of sp³-hybridized carbons (Fsp3) is 0.0667. The first-order chi connectivity index (χ1) is 12.1. The van der Waals surface area contributed by atoms with E-state index in [-0.39, 0.29) is 11.4 Å². The maximum absolute atomic E-state index is 12.3. The van der Waals surface area contributed by atoms with Crippen LogP contribution in [0.1, 0.15) is 10.5 Å². The molecule has 1 N–H and O–H groups in total. The van der Waals surface area contributed by atoms with Crippen molar-refractivity contribution in [3.63, 3.8) is 0 Å². The Morgan fingerprint density at radius 1 is 1.36 bits per heavy atom. The van der Waals surface area contributed by atoms with Crippen molar-refractivity contribution in [1.29, 1.82) is 0 Å². The summed E-state index contributed by atoms with van der Waals surface area (Å²) >= 11 is 0. The highest BCUT2D eigenvalue weighted by atomic mass is 16.6. The lowest BCUT2D eigenvalue weighted by molar-refractivity contribution is -0.384. The summed E-state index contributed by atoms with van der Waals surface area (Å²) in [6.45, 7) is 0. The fourth-order valence-electron chi connectivity index (χ4n) is 2.08. The Morgan fingerprint density at radius 2 is 2.20 bits per heavy atom. The van der Waals surface area contributed by atoms with Gasteiger partial charge < -0.3 is 10.1 Å². The Bertz CT molecular complexity index is 939. The van der Waals surface area contributed by atoms with Gasteiger partial charge in [-0.15, -0.1) is 5.10 Å². The van der Waals surface area contributed by atoms with Crippen molar-refractivity contribution in [2.45, 2.75) is 0 Å². The lowest BCUT2D eigenvalue weighted by atomic mass is 10.3. The molecule has 0 saturated heterocycles. The molecule has 0 spiro atoms. The maximum atomic E-state index is 12.3. The molecule has 3 rings (SSSR count). The minimum Gasteiger partial charge on any atom is -0.494 e. The van der Waals surface area contributed by atoms with Gasteiger partial charge >= 0.3 is 0 Å². The largest absolute Gasteiger partial charge is 0.494 e. The summed E-state index contributed by atoms with van der Waals surface area (Å²) < 4.78 is 6.41. The number of pyridine rings is 1. The van der Waals surface area contributed by atoms with E-state index in [1.807, 2.05) is 0 Å². The second kappa shape index (κ2) is 6.74. The summed E-state index contributed by atoms with van der Waals surface area (Å²) in [7, 11) is 1.48. The number of carbonyl (C=O) groups excluding carboxylic acids is 1. The predicted octanol–water partition coefficient (Wildman–Crippen LogP) is 1.83. The van der Waals surface area contributed by atoms with Crippen molar-refractivity contribution in [2.24, 2.45) is 0 Å². The van der Waals surface area contributed by atoms with Crippen LogP contribution in [0.15, 0.2) is 48.9 Å². The third-order valence-corrected chi connectivity index (χ3v) is 3.28. The second-order valence-corrected chi connectivity index (χ2v) is 4.86. The van der Waals surface area contributed by atoms with Gasteiger partial charge in [-0.25, -0.2) is 4.68 Å². The van der Waals surface area contributed by atoms with Crippen LogP contribution in [0, 0.1) is 10.1 Å². The number of methoxy groups -OCH3 is 1. The van der Waals surface area contributed by atoms with Crippen LogP contribution in [-0.4, -0.2) is 37.9 Å². The average Bonchev–Trinajstić information content (AvgIpc) is 3.12. The van der Waals surface area contributed by atoms with Crippen LogP contribution < -0.4 is 10.1 Å². The van der Waals surface area contributed by atoms with Crippen molar-refractivity contribution < 1.29 is 14.5 Å². The molecule has 0 aliphatic carbocycles. The highest BCUT2D eigenvalue weighted by Gasteiger charge is 2.15. The molecule has 0 bridgehead atoms. The monoisotopic (exact) mass is 340 g/mol. The van der Waals surface area contributed by atoms with Crippen molar-refractivity contribution in [3.05, 3.63) is 64.7 Å². The van der Waals surface area contributed by atoms with E-state index in [2.05, 4.69) is 20.6 Å². The number of carbonyl (C=O) groups is 1. The predicted molar refractivity (Wildman–Crippen MR) is 86.8 cm³/mol. The van der Waals surface area contributed by atoms with Gasteiger partial charge in [0.25, 0.3) is 11.6 Å². The zero-order chi connectivity index (χ0) is 17.8. The van der Waals surface area contributed by atoms with E-state index in [0.29, 0.717) is 17.1 Å². The zero-order valence-corrected chi connectivity index (χ0v) is 13.0. The minimum atomic E-state index is -0.511. The standard InChI is InChI=1S/C15H12N6O4/c1-25-14-5-6-16-8-12(14)17-15(22)13-9-20(19-18-13)10-3-2-4-11(7-10)21(23)24/h2-9H,1H3,(H,17,22). The lowest BCUT2D eigenvalue weighted by Gasteiger charge is -2.07. The third-order valence-electron chi connectivity index (χ3n) is 3.28. The summed E-state index contributed by atoms with van der Waals surface area (Å²) in [4.78, 5) is 26.5. The van der Waals surface area contributed by atoms with E-state index in [1.165, 1.54) is 48.6 Å². The number of benzene rings is 1. The summed E-state index contributed by atoms with van der Waals surface area (Å²) in [5.74, 6) is -0.0580. The molecule has 0 aliphatic rings. The van der Waals surface area contributed by atoms with E-state index >= 15 is 0 Å². The molecule has 3 aromatic rings. The molecule has 0 saturated carbocycles. The first kappa shape index (κ1) is 16.1. The first-order valence-electron chi connectivity index (χ1n) is 7.05. The maximum Gasteiger partial charge on any atom is 0.278 e. The Balaban J connectivity index is 1.82. The van der Waals surface area contributed by atoms with E-state index in [0.717, 1.165) is 0 Å². The number of anilines is 1. The van der Waals surface area contributed by atoms with E-state index in [1.54, 1.807) is 12.1 Å². The molecule has 0 aliphatic heterocycles. The molecule has 1 amide bonds. The number of hydrogen-bond donors (Lipinski definition) is 1. The third kappa shape index (κ3) is 3.42. The van der Waals surface area contributed by atoms with Crippen LogP contribution in [0.3, 0.4) is 0 Å². The number of nitro benzene ring substituents is 1. The number of nitro groups is 1. The Hall–Kier alpha value is -3.82. The van der Waals surface area contributed by atoms with Crippen LogP contribution in [0.25, 0.3) is 5.69 Å². The topological polar surface area (TPSA) is 125 Å². The Kier molecular flexibility index (Phi) is 4.33. The first-order valence-corrected chi connectivity index (χ1v) is 7.05.